The molecule has 0 saturated heterocycles. The lowest BCUT2D eigenvalue weighted by Crippen LogP contribution is -2.22. The summed E-state index contributed by atoms with van der Waals surface area (Å²) in [4.78, 5) is 17.1. The van der Waals surface area contributed by atoms with Gasteiger partial charge in [0.05, 0.1) is 16.8 Å². The smallest absolute Gasteiger partial charge is 0.251 e. The summed E-state index contributed by atoms with van der Waals surface area (Å²) in [5.41, 5.74) is 3.75. The second-order valence-corrected chi connectivity index (χ2v) is 7.77. The number of amides is 1. The molecule has 4 rings (SSSR count). The molecule has 146 valence electrons. The number of benzene rings is 3. The summed E-state index contributed by atoms with van der Waals surface area (Å²) >= 11 is 1.69. The molecule has 0 unspecified atom stereocenters. The number of carbonyl (C=O) groups is 1. The van der Waals surface area contributed by atoms with Crippen LogP contribution in [-0.2, 0) is 6.54 Å². The highest BCUT2D eigenvalue weighted by atomic mass is 32.1. The van der Waals surface area contributed by atoms with Crippen LogP contribution >= 0.6 is 11.3 Å². The average Bonchev–Trinajstić information content (AvgIpc) is 3.21. The standard InChI is InChI=1S/C24H22N2O2S/c1-2-14-28-20-7-5-6-19(15-20)23(27)25-16-17-10-12-18(13-11-17)24-26-21-8-3-4-9-22(21)29-24/h3-13,15H,2,14,16H2,1H3,(H,25,27). The number of fused-ring (bicyclic) bond motifs is 1. The Morgan fingerprint density at radius 1 is 1.03 bits per heavy atom. The SMILES string of the molecule is CCCOc1cccc(C(=O)NCc2ccc(-c3nc4ccccc4s3)cc2)c1. The molecule has 0 aliphatic carbocycles. The Morgan fingerprint density at radius 3 is 2.66 bits per heavy atom. The number of nitrogens with zero attached hydrogens (tertiary/aromatic N) is 1. The maximum absolute atomic E-state index is 12.5. The second-order valence-electron chi connectivity index (χ2n) is 6.74. The molecule has 1 N–H and O–H groups in total. The third kappa shape index (κ3) is 4.63. The van der Waals surface area contributed by atoms with Gasteiger partial charge in [0, 0.05) is 17.7 Å². The quantitative estimate of drug-likeness (QED) is 0.432. The lowest BCUT2D eigenvalue weighted by Gasteiger charge is -2.08. The number of thiazole rings is 1. The van der Waals surface area contributed by atoms with Crippen molar-refractivity contribution in [2.24, 2.45) is 0 Å². The van der Waals surface area contributed by atoms with Gasteiger partial charge in [-0.15, -0.1) is 11.3 Å². The molecule has 4 aromatic rings. The van der Waals surface area contributed by atoms with Crippen LogP contribution in [0.1, 0.15) is 29.3 Å². The highest BCUT2D eigenvalue weighted by Gasteiger charge is 2.08. The van der Waals surface area contributed by atoms with Gasteiger partial charge in [0.25, 0.3) is 5.91 Å². The van der Waals surface area contributed by atoms with Crippen LogP contribution < -0.4 is 10.1 Å². The minimum atomic E-state index is -0.109. The first-order valence-electron chi connectivity index (χ1n) is 9.69. The van der Waals surface area contributed by atoms with Crippen molar-refractivity contribution in [2.75, 3.05) is 6.61 Å². The molecule has 1 heterocycles. The number of ether oxygens (including phenoxy) is 1. The maximum Gasteiger partial charge on any atom is 0.251 e. The maximum atomic E-state index is 12.5. The van der Waals surface area contributed by atoms with Crippen LogP contribution in [-0.4, -0.2) is 17.5 Å². The topological polar surface area (TPSA) is 51.2 Å². The second kappa shape index (κ2) is 8.88. The van der Waals surface area contributed by atoms with Crippen LogP contribution in [0.15, 0.2) is 72.8 Å². The Labute approximate surface area is 174 Å². The highest BCUT2D eigenvalue weighted by molar-refractivity contribution is 7.21. The van der Waals surface area contributed by atoms with Crippen molar-refractivity contribution in [1.82, 2.24) is 10.3 Å². The number of aromatic nitrogens is 1. The van der Waals surface area contributed by atoms with Crippen molar-refractivity contribution >= 4 is 27.5 Å². The van der Waals surface area contributed by atoms with E-state index in [2.05, 4.69) is 30.4 Å². The number of rotatable bonds is 7. The molecule has 5 heteroatoms. The highest BCUT2D eigenvalue weighted by Crippen LogP contribution is 2.30. The summed E-state index contributed by atoms with van der Waals surface area (Å²) < 4.78 is 6.79. The Bertz CT molecular complexity index is 1090. The molecule has 0 spiro atoms. The molecule has 0 atom stereocenters. The van der Waals surface area contributed by atoms with E-state index < -0.39 is 0 Å². The normalized spacial score (nSPS) is 10.8. The van der Waals surface area contributed by atoms with Crippen molar-refractivity contribution in [2.45, 2.75) is 19.9 Å². The summed E-state index contributed by atoms with van der Waals surface area (Å²) in [6.07, 6.45) is 0.934. The van der Waals surface area contributed by atoms with Crippen LogP contribution in [0.2, 0.25) is 0 Å². The molecule has 0 saturated carbocycles. The van der Waals surface area contributed by atoms with E-state index in [0.29, 0.717) is 18.7 Å². The van der Waals surface area contributed by atoms with E-state index in [9.17, 15) is 4.79 Å². The fourth-order valence-corrected chi connectivity index (χ4v) is 3.96. The third-order valence-corrected chi connectivity index (χ3v) is 5.60. The van der Waals surface area contributed by atoms with E-state index in [1.807, 2.05) is 42.5 Å². The Morgan fingerprint density at radius 2 is 1.86 bits per heavy atom. The number of nitrogens with one attached hydrogen (secondary N) is 1. The van der Waals surface area contributed by atoms with Gasteiger partial charge in [0.2, 0.25) is 0 Å². The number of carbonyl (C=O) groups excluding carboxylic acids is 1. The zero-order valence-corrected chi connectivity index (χ0v) is 17.0. The molecule has 1 amide bonds. The van der Waals surface area contributed by atoms with Gasteiger partial charge in [-0.25, -0.2) is 4.98 Å². The largest absolute Gasteiger partial charge is 0.494 e. The average molecular weight is 403 g/mol. The monoisotopic (exact) mass is 402 g/mol. The van der Waals surface area contributed by atoms with E-state index >= 15 is 0 Å². The number of hydrogen-bond donors (Lipinski definition) is 1. The van der Waals surface area contributed by atoms with E-state index in [4.69, 9.17) is 9.72 Å². The zero-order chi connectivity index (χ0) is 20.1. The molecule has 0 aliphatic heterocycles. The molecule has 3 aromatic carbocycles. The molecule has 0 radical (unpaired) electrons. The lowest BCUT2D eigenvalue weighted by atomic mass is 10.1. The molecular formula is C24H22N2O2S. The van der Waals surface area contributed by atoms with Crippen molar-refractivity contribution in [3.05, 3.63) is 83.9 Å². The third-order valence-electron chi connectivity index (χ3n) is 4.52. The van der Waals surface area contributed by atoms with Gasteiger partial charge in [0.1, 0.15) is 10.8 Å². The van der Waals surface area contributed by atoms with Gasteiger partial charge in [0.15, 0.2) is 0 Å². The van der Waals surface area contributed by atoms with Crippen molar-refractivity contribution in [1.29, 1.82) is 0 Å². The molecule has 1 aromatic heterocycles. The van der Waals surface area contributed by atoms with E-state index in [-0.39, 0.29) is 5.91 Å². The van der Waals surface area contributed by atoms with Gasteiger partial charge in [-0.1, -0.05) is 49.4 Å². The van der Waals surface area contributed by atoms with Gasteiger partial charge in [-0.2, -0.15) is 0 Å². The number of hydrogen-bond acceptors (Lipinski definition) is 4. The van der Waals surface area contributed by atoms with Crippen LogP contribution in [0.5, 0.6) is 5.75 Å². The van der Waals surface area contributed by atoms with E-state index in [1.54, 1.807) is 23.5 Å². The summed E-state index contributed by atoms with van der Waals surface area (Å²) in [6.45, 7) is 3.17. The molecule has 0 bridgehead atoms. The fraction of sp³-hybridized carbons (Fsp3) is 0.167. The fourth-order valence-electron chi connectivity index (χ4n) is 2.99. The predicted octanol–water partition coefficient (Wildman–Crippen LogP) is 5.68. The summed E-state index contributed by atoms with van der Waals surface area (Å²) in [6, 6.07) is 23.6. The van der Waals surface area contributed by atoms with E-state index in [0.717, 1.165) is 33.8 Å². The first-order valence-corrected chi connectivity index (χ1v) is 10.5. The summed E-state index contributed by atoms with van der Waals surface area (Å²) in [5, 5.41) is 3.98. The van der Waals surface area contributed by atoms with E-state index in [1.165, 1.54) is 4.70 Å². The predicted molar refractivity (Wildman–Crippen MR) is 118 cm³/mol. The lowest BCUT2D eigenvalue weighted by molar-refractivity contribution is 0.0950. The first kappa shape index (κ1) is 19.2. The zero-order valence-electron chi connectivity index (χ0n) is 16.2. The molecular weight excluding hydrogens is 380 g/mol. The molecule has 29 heavy (non-hydrogen) atoms. The Kier molecular flexibility index (Phi) is 5.86. The Hall–Kier alpha value is -3.18. The van der Waals surface area contributed by atoms with Gasteiger partial charge in [-0.3, -0.25) is 4.79 Å². The van der Waals surface area contributed by atoms with Crippen LogP contribution in [0, 0.1) is 0 Å². The summed E-state index contributed by atoms with van der Waals surface area (Å²) in [7, 11) is 0. The van der Waals surface area contributed by atoms with Crippen LogP contribution in [0.4, 0.5) is 0 Å². The molecule has 0 fully saturated rings. The number of para-hydroxylation sites is 1. The van der Waals surface area contributed by atoms with Gasteiger partial charge in [-0.05, 0) is 42.3 Å². The van der Waals surface area contributed by atoms with Crippen molar-refractivity contribution in [3.63, 3.8) is 0 Å². The molecule has 0 aliphatic rings. The molecule has 4 nitrogen and oxygen atoms in total. The van der Waals surface area contributed by atoms with Gasteiger partial charge < -0.3 is 10.1 Å². The van der Waals surface area contributed by atoms with Gasteiger partial charge >= 0.3 is 0 Å². The first-order chi connectivity index (χ1) is 14.2. The van der Waals surface area contributed by atoms with Crippen LogP contribution in [0.3, 0.4) is 0 Å². The minimum Gasteiger partial charge on any atom is -0.494 e. The summed E-state index contributed by atoms with van der Waals surface area (Å²) in [5.74, 6) is 0.613. The minimum absolute atomic E-state index is 0.109. The Balaban J connectivity index is 1.39. The van der Waals surface area contributed by atoms with Crippen molar-refractivity contribution < 1.29 is 9.53 Å². The van der Waals surface area contributed by atoms with Crippen molar-refractivity contribution in [3.8, 4) is 16.3 Å². The van der Waals surface area contributed by atoms with Crippen LogP contribution in [0.25, 0.3) is 20.8 Å².